The summed E-state index contributed by atoms with van der Waals surface area (Å²) in [7, 11) is 0. The van der Waals surface area contributed by atoms with E-state index in [0.717, 1.165) is 41.5 Å². The van der Waals surface area contributed by atoms with Crippen molar-refractivity contribution in [3.8, 4) is 17.6 Å². The third-order valence-corrected chi connectivity index (χ3v) is 9.16. The van der Waals surface area contributed by atoms with Crippen LogP contribution in [0.5, 0.6) is 5.75 Å². The van der Waals surface area contributed by atoms with Gasteiger partial charge in [0.25, 0.3) is 0 Å². The highest BCUT2D eigenvalue weighted by Crippen LogP contribution is 2.34. The van der Waals surface area contributed by atoms with Crippen molar-refractivity contribution in [2.24, 2.45) is 5.73 Å². The van der Waals surface area contributed by atoms with E-state index in [1.807, 2.05) is 49.1 Å². The van der Waals surface area contributed by atoms with E-state index in [4.69, 9.17) is 10.5 Å². The van der Waals surface area contributed by atoms with Crippen LogP contribution >= 0.6 is 22.7 Å². The molecule has 0 aliphatic rings. The molecule has 0 saturated carbocycles. The molecule has 0 amide bonds. The number of nitrogens with two attached hydrogens (primary N) is 1. The smallest absolute Gasteiger partial charge is 0.355 e. The Kier molecular flexibility index (Phi) is 11.7. The number of unbranched alkanes of at least 4 members (excludes halogenated alkanes) is 2. The second-order valence-electron chi connectivity index (χ2n) is 10.7. The third kappa shape index (κ3) is 8.79. The van der Waals surface area contributed by atoms with Crippen LogP contribution in [0.1, 0.15) is 65.5 Å². The molecule has 0 aliphatic carbocycles. The molecule has 4 N–H and O–H groups in total. The van der Waals surface area contributed by atoms with Crippen molar-refractivity contribution < 1.29 is 19.0 Å². The van der Waals surface area contributed by atoms with Gasteiger partial charge >= 0.3 is 5.97 Å². The number of anilines is 4. The summed E-state index contributed by atoms with van der Waals surface area (Å²) in [5.41, 5.74) is 8.10. The van der Waals surface area contributed by atoms with Gasteiger partial charge in [-0.1, -0.05) is 42.2 Å². The van der Waals surface area contributed by atoms with Crippen LogP contribution in [0.4, 0.5) is 26.3 Å². The number of rotatable bonds is 15. The summed E-state index contributed by atoms with van der Waals surface area (Å²) in [6.45, 7) is 5.24. The lowest BCUT2D eigenvalue weighted by atomic mass is 10.2. The summed E-state index contributed by atoms with van der Waals surface area (Å²) in [6, 6.07) is 14.5. The van der Waals surface area contributed by atoms with E-state index in [1.54, 1.807) is 12.1 Å². The zero-order valence-corrected chi connectivity index (χ0v) is 27.9. The van der Waals surface area contributed by atoms with Gasteiger partial charge in [-0.2, -0.15) is 0 Å². The lowest BCUT2D eigenvalue weighted by Crippen LogP contribution is -2.21. The molecule has 2 aromatic carbocycles. The van der Waals surface area contributed by atoms with E-state index < -0.39 is 11.8 Å². The third-order valence-electron chi connectivity index (χ3n) is 7.07. The first kappa shape index (κ1) is 33.7. The molecule has 244 valence electrons. The quantitative estimate of drug-likeness (QED) is 0.0757. The largest absolute Gasteiger partial charge is 0.491 e. The first-order chi connectivity index (χ1) is 22.9. The van der Waals surface area contributed by atoms with E-state index in [-0.39, 0.29) is 18.1 Å². The van der Waals surface area contributed by atoms with Crippen LogP contribution in [0, 0.1) is 24.6 Å². The highest BCUT2D eigenvalue weighted by Gasteiger charge is 2.23. The van der Waals surface area contributed by atoms with Gasteiger partial charge in [0.2, 0.25) is 0 Å². The number of carbonyl (C=O) groups is 1. The van der Waals surface area contributed by atoms with Crippen LogP contribution in [-0.2, 0) is 6.42 Å². The van der Waals surface area contributed by atoms with Crippen molar-refractivity contribution in [1.29, 1.82) is 0 Å². The van der Waals surface area contributed by atoms with Crippen LogP contribution < -0.4 is 20.7 Å². The molecule has 0 saturated heterocycles. The average Bonchev–Trinajstić information content (AvgIpc) is 3.67. The molecule has 0 atom stereocenters. The van der Waals surface area contributed by atoms with Gasteiger partial charge in [0.1, 0.15) is 0 Å². The number of nitrogens with one attached hydrogen (secondary N) is 1. The molecule has 0 unspecified atom stereocenters. The number of aromatic nitrogens is 4. The molecule has 0 fully saturated rings. The fourth-order valence-corrected chi connectivity index (χ4v) is 6.66. The Bertz CT molecular complexity index is 1870. The summed E-state index contributed by atoms with van der Waals surface area (Å²) in [5, 5.41) is 23.4. The van der Waals surface area contributed by atoms with Crippen LogP contribution in [0.3, 0.4) is 0 Å². The van der Waals surface area contributed by atoms with E-state index in [2.05, 4.69) is 37.3 Å². The second kappa shape index (κ2) is 16.3. The van der Waals surface area contributed by atoms with Gasteiger partial charge < -0.3 is 25.8 Å². The number of nitrogens with zero attached hydrogens (tertiary/aromatic N) is 5. The van der Waals surface area contributed by atoms with Gasteiger partial charge in [0.05, 0.1) is 16.8 Å². The maximum atomic E-state index is 14.6. The number of fused-ring (bicyclic) bond motifs is 1. The van der Waals surface area contributed by atoms with Gasteiger partial charge in [-0.25, -0.2) is 19.2 Å². The number of para-hydroxylation sites is 1. The van der Waals surface area contributed by atoms with Crippen molar-refractivity contribution in [3.63, 3.8) is 0 Å². The molecule has 5 rings (SSSR count). The van der Waals surface area contributed by atoms with E-state index in [0.29, 0.717) is 58.3 Å². The number of halogens is 1. The summed E-state index contributed by atoms with van der Waals surface area (Å²) < 4.78 is 21.3. The molecule has 5 aromatic rings. The minimum absolute atomic E-state index is 0.0196. The molecular formula is C34H36FN7O3S2. The van der Waals surface area contributed by atoms with Gasteiger partial charge in [-0.15, -0.1) is 21.5 Å². The molecule has 3 aromatic heterocycles. The van der Waals surface area contributed by atoms with Gasteiger partial charge in [-0.05, 0) is 87.5 Å². The molecule has 3 heterocycles. The normalized spacial score (nSPS) is 10.9. The molecular weight excluding hydrogens is 638 g/mol. The number of hydrogen-bond donors (Lipinski definition) is 3. The van der Waals surface area contributed by atoms with Crippen molar-refractivity contribution >= 4 is 60.8 Å². The van der Waals surface area contributed by atoms with Gasteiger partial charge in [-0.3, -0.25) is 0 Å². The highest BCUT2D eigenvalue weighted by molar-refractivity contribution is 7.22. The second-order valence-corrected chi connectivity index (χ2v) is 12.8. The van der Waals surface area contributed by atoms with Crippen molar-refractivity contribution in [3.05, 3.63) is 76.0 Å². The predicted molar refractivity (Wildman–Crippen MR) is 186 cm³/mol. The number of carboxylic acids is 1. The monoisotopic (exact) mass is 673 g/mol. The predicted octanol–water partition coefficient (Wildman–Crippen LogP) is 7.47. The minimum atomic E-state index is -1.12. The summed E-state index contributed by atoms with van der Waals surface area (Å²) in [6.07, 6.45) is 4.10. The van der Waals surface area contributed by atoms with Gasteiger partial charge in [0, 0.05) is 23.4 Å². The number of thiazole rings is 2. The summed E-state index contributed by atoms with van der Waals surface area (Å²) >= 11 is 2.82. The molecule has 47 heavy (non-hydrogen) atoms. The molecule has 0 spiro atoms. The Hall–Kier alpha value is -4.64. The molecule has 13 heteroatoms. The van der Waals surface area contributed by atoms with E-state index in [1.165, 1.54) is 28.7 Å². The van der Waals surface area contributed by atoms with Crippen LogP contribution in [0.2, 0.25) is 0 Å². The van der Waals surface area contributed by atoms with E-state index >= 15 is 0 Å². The lowest BCUT2D eigenvalue weighted by Gasteiger charge is -2.21. The number of aryl methyl sites for hydroxylation is 2. The number of benzene rings is 2. The zero-order valence-electron chi connectivity index (χ0n) is 26.3. The maximum absolute atomic E-state index is 14.6. The summed E-state index contributed by atoms with van der Waals surface area (Å²) in [4.78, 5) is 23.8. The first-order valence-corrected chi connectivity index (χ1v) is 17.1. The van der Waals surface area contributed by atoms with Crippen molar-refractivity contribution in [2.75, 3.05) is 29.9 Å². The van der Waals surface area contributed by atoms with Crippen LogP contribution in [0.15, 0.2) is 48.5 Å². The van der Waals surface area contributed by atoms with E-state index in [9.17, 15) is 14.3 Å². The Morgan fingerprint density at radius 1 is 1.11 bits per heavy atom. The van der Waals surface area contributed by atoms with Crippen LogP contribution in [0.25, 0.3) is 10.2 Å². The Morgan fingerprint density at radius 2 is 1.96 bits per heavy atom. The number of ether oxygens (including phenoxy) is 1. The topological polar surface area (TPSA) is 139 Å². The Labute approximate surface area is 280 Å². The standard InChI is InChI=1S/C34H36FN7O3S2/c1-3-4-5-11-23-15-16-26(24(35)21-23)45-19-10-14-28-30(32(43)44)38-34(47-28)42(18-9-8-17-36)29-20-22(2)31(41-40-29)39-33-37-25-12-6-7-13-27(25)46-33/h6-7,12-13,15-16,20-21H,3-4,8-10,14,17-19,36H2,1-2H3,(H,43,44)(H,37,39,41). The SMILES string of the molecule is CCCC#Cc1ccc(OCCCc2sc(N(CCCCN)c3cc(C)c(Nc4nc5ccccc5s4)nn3)nc2C(=O)O)c(F)c1. The van der Waals surface area contributed by atoms with Crippen molar-refractivity contribution in [2.45, 2.75) is 52.4 Å². The number of hydrogen-bond acceptors (Lipinski definition) is 11. The Morgan fingerprint density at radius 3 is 2.70 bits per heavy atom. The zero-order chi connectivity index (χ0) is 33.2. The maximum Gasteiger partial charge on any atom is 0.355 e. The fourth-order valence-electron chi connectivity index (χ4n) is 4.67. The van der Waals surface area contributed by atoms with Gasteiger partial charge in [0.15, 0.2) is 39.2 Å². The average molecular weight is 674 g/mol. The molecule has 0 radical (unpaired) electrons. The number of aromatic carboxylic acids is 1. The summed E-state index contributed by atoms with van der Waals surface area (Å²) in [5.74, 6) is 5.62. The number of carboxylic acid groups (broad SMARTS) is 1. The first-order valence-electron chi connectivity index (χ1n) is 15.4. The molecule has 0 aliphatic heterocycles. The lowest BCUT2D eigenvalue weighted by molar-refractivity contribution is 0.0690. The fraction of sp³-hybridized carbons (Fsp3) is 0.324. The van der Waals surface area contributed by atoms with Crippen LogP contribution in [-0.4, -0.2) is 50.9 Å². The Balaban J connectivity index is 1.29. The minimum Gasteiger partial charge on any atom is -0.491 e. The highest BCUT2D eigenvalue weighted by atomic mass is 32.1. The molecule has 10 nitrogen and oxygen atoms in total. The molecule has 0 bridgehead atoms. The van der Waals surface area contributed by atoms with Crippen molar-refractivity contribution in [1.82, 2.24) is 20.2 Å².